The zero-order valence-electron chi connectivity index (χ0n) is 13.9. The molecule has 1 aromatic rings. The second kappa shape index (κ2) is 9.37. The lowest BCUT2D eigenvalue weighted by Gasteiger charge is -2.26. The summed E-state index contributed by atoms with van der Waals surface area (Å²) in [4.78, 5) is 14.2. The summed E-state index contributed by atoms with van der Waals surface area (Å²) < 4.78 is 15.9. The van der Waals surface area contributed by atoms with Crippen LogP contribution in [0.15, 0.2) is 24.3 Å². The third-order valence-electron chi connectivity index (χ3n) is 3.83. The van der Waals surface area contributed by atoms with Gasteiger partial charge in [0.25, 0.3) is 0 Å². The van der Waals surface area contributed by atoms with Crippen molar-refractivity contribution >= 4 is 6.03 Å². The van der Waals surface area contributed by atoms with Gasteiger partial charge in [0, 0.05) is 33.4 Å². The fourth-order valence-corrected chi connectivity index (χ4v) is 2.62. The second-order valence-electron chi connectivity index (χ2n) is 5.59. The van der Waals surface area contributed by atoms with Crippen LogP contribution in [0.5, 0.6) is 5.75 Å². The Morgan fingerprint density at radius 3 is 3.00 bits per heavy atom. The Labute approximate surface area is 137 Å². The van der Waals surface area contributed by atoms with Gasteiger partial charge in [0.1, 0.15) is 5.75 Å². The number of hydrogen-bond acceptors (Lipinski definition) is 4. The predicted octanol–water partition coefficient (Wildman–Crippen LogP) is 2.03. The van der Waals surface area contributed by atoms with E-state index >= 15 is 0 Å². The lowest BCUT2D eigenvalue weighted by atomic mass is 10.2. The van der Waals surface area contributed by atoms with E-state index in [1.54, 1.807) is 19.1 Å². The third-order valence-corrected chi connectivity index (χ3v) is 3.83. The van der Waals surface area contributed by atoms with Crippen molar-refractivity contribution in [3.05, 3.63) is 29.8 Å². The number of nitrogens with zero attached hydrogens (tertiary/aromatic N) is 1. The number of ether oxygens (including phenoxy) is 3. The molecule has 0 aliphatic carbocycles. The number of amides is 2. The molecule has 2 rings (SSSR count). The van der Waals surface area contributed by atoms with Crippen LogP contribution in [0.4, 0.5) is 4.79 Å². The highest BCUT2D eigenvalue weighted by molar-refractivity contribution is 5.74. The molecule has 128 valence electrons. The van der Waals surface area contributed by atoms with Crippen molar-refractivity contribution in [2.24, 2.45) is 0 Å². The smallest absolute Gasteiger partial charge is 0.317 e. The molecule has 0 bridgehead atoms. The highest BCUT2D eigenvalue weighted by atomic mass is 16.5. The van der Waals surface area contributed by atoms with Crippen LogP contribution >= 0.6 is 0 Å². The van der Waals surface area contributed by atoms with Crippen LogP contribution in [0.1, 0.15) is 18.4 Å². The SMILES string of the molecule is COCCNC(=O)N(Cc1cccc(OC)c1)C[C@H]1CCCO1. The van der Waals surface area contributed by atoms with Gasteiger partial charge in [-0.3, -0.25) is 0 Å². The normalized spacial score (nSPS) is 17.0. The van der Waals surface area contributed by atoms with Gasteiger partial charge in [-0.15, -0.1) is 0 Å². The molecule has 6 heteroatoms. The van der Waals surface area contributed by atoms with Crippen molar-refractivity contribution in [2.45, 2.75) is 25.5 Å². The Balaban J connectivity index is 2.00. The van der Waals surface area contributed by atoms with Crippen LogP contribution in [0.2, 0.25) is 0 Å². The average Bonchev–Trinajstić information content (AvgIpc) is 3.07. The van der Waals surface area contributed by atoms with E-state index < -0.39 is 0 Å². The Hall–Kier alpha value is -1.79. The summed E-state index contributed by atoms with van der Waals surface area (Å²) in [5.41, 5.74) is 1.03. The minimum absolute atomic E-state index is 0.0969. The largest absolute Gasteiger partial charge is 0.497 e. The number of carbonyl (C=O) groups excluding carboxylic acids is 1. The first-order valence-corrected chi connectivity index (χ1v) is 7.99. The number of urea groups is 1. The fourth-order valence-electron chi connectivity index (χ4n) is 2.62. The maximum absolute atomic E-state index is 12.4. The number of carbonyl (C=O) groups is 1. The molecule has 1 aliphatic rings. The molecular formula is C17H26N2O4. The van der Waals surface area contributed by atoms with Crippen LogP contribution in [-0.4, -0.2) is 57.6 Å². The number of methoxy groups -OCH3 is 2. The maximum Gasteiger partial charge on any atom is 0.317 e. The van der Waals surface area contributed by atoms with Gasteiger partial charge in [-0.05, 0) is 30.5 Å². The van der Waals surface area contributed by atoms with E-state index in [1.807, 2.05) is 24.3 Å². The summed E-state index contributed by atoms with van der Waals surface area (Å²) in [7, 11) is 3.26. The van der Waals surface area contributed by atoms with Crippen molar-refractivity contribution in [3.8, 4) is 5.75 Å². The first-order chi connectivity index (χ1) is 11.2. The van der Waals surface area contributed by atoms with Crippen LogP contribution in [0.3, 0.4) is 0 Å². The molecule has 1 fully saturated rings. The zero-order chi connectivity index (χ0) is 16.5. The first kappa shape index (κ1) is 17.6. The highest BCUT2D eigenvalue weighted by Gasteiger charge is 2.22. The minimum Gasteiger partial charge on any atom is -0.497 e. The standard InChI is InChI=1S/C17H26N2O4/c1-21-10-8-18-17(20)19(13-16-7-4-9-23-16)12-14-5-3-6-15(11-14)22-2/h3,5-6,11,16H,4,7-10,12-13H2,1-2H3,(H,18,20)/t16-/m1/s1. The molecule has 6 nitrogen and oxygen atoms in total. The van der Waals surface area contributed by atoms with Gasteiger partial charge in [0.05, 0.1) is 19.8 Å². The Kier molecular flexibility index (Phi) is 7.16. The van der Waals surface area contributed by atoms with Crippen molar-refractivity contribution < 1.29 is 19.0 Å². The number of benzene rings is 1. The van der Waals surface area contributed by atoms with Crippen LogP contribution in [-0.2, 0) is 16.0 Å². The van der Waals surface area contributed by atoms with Gasteiger partial charge >= 0.3 is 6.03 Å². The molecule has 1 aromatic carbocycles. The van der Waals surface area contributed by atoms with E-state index in [-0.39, 0.29) is 12.1 Å². The second-order valence-corrected chi connectivity index (χ2v) is 5.59. The Bertz CT molecular complexity index is 489. The lowest BCUT2D eigenvalue weighted by Crippen LogP contribution is -2.44. The van der Waals surface area contributed by atoms with Gasteiger partial charge in [-0.1, -0.05) is 12.1 Å². The summed E-state index contributed by atoms with van der Waals surface area (Å²) in [5.74, 6) is 0.791. The van der Waals surface area contributed by atoms with Gasteiger partial charge < -0.3 is 24.4 Å². The van der Waals surface area contributed by atoms with E-state index in [4.69, 9.17) is 14.2 Å². The molecule has 0 saturated carbocycles. The van der Waals surface area contributed by atoms with E-state index in [0.29, 0.717) is 26.2 Å². The van der Waals surface area contributed by atoms with Crippen molar-refractivity contribution in [1.82, 2.24) is 10.2 Å². The Morgan fingerprint density at radius 1 is 1.43 bits per heavy atom. The molecule has 0 aromatic heterocycles. The topological polar surface area (TPSA) is 60.0 Å². The summed E-state index contributed by atoms with van der Waals surface area (Å²) in [6.45, 7) is 2.89. The highest BCUT2D eigenvalue weighted by Crippen LogP contribution is 2.17. The van der Waals surface area contributed by atoms with E-state index in [2.05, 4.69) is 5.32 Å². The molecule has 0 radical (unpaired) electrons. The maximum atomic E-state index is 12.4. The van der Waals surface area contributed by atoms with Gasteiger partial charge in [-0.2, -0.15) is 0 Å². The molecule has 1 atom stereocenters. The Morgan fingerprint density at radius 2 is 2.30 bits per heavy atom. The molecule has 1 saturated heterocycles. The van der Waals surface area contributed by atoms with Crippen molar-refractivity contribution in [2.75, 3.05) is 40.5 Å². The van der Waals surface area contributed by atoms with Crippen molar-refractivity contribution in [1.29, 1.82) is 0 Å². The average molecular weight is 322 g/mol. The van der Waals surface area contributed by atoms with Crippen molar-refractivity contribution in [3.63, 3.8) is 0 Å². The fraction of sp³-hybridized carbons (Fsp3) is 0.588. The van der Waals surface area contributed by atoms with Crippen LogP contribution in [0, 0.1) is 0 Å². The van der Waals surface area contributed by atoms with Crippen LogP contribution in [0.25, 0.3) is 0 Å². The minimum atomic E-state index is -0.0969. The predicted molar refractivity (Wildman–Crippen MR) is 87.7 cm³/mol. The monoisotopic (exact) mass is 322 g/mol. The van der Waals surface area contributed by atoms with Gasteiger partial charge in [0.2, 0.25) is 0 Å². The lowest BCUT2D eigenvalue weighted by molar-refractivity contribution is 0.0790. The van der Waals surface area contributed by atoms with E-state index in [0.717, 1.165) is 30.8 Å². The summed E-state index contributed by atoms with van der Waals surface area (Å²) >= 11 is 0. The molecule has 2 amide bonds. The quantitative estimate of drug-likeness (QED) is 0.744. The number of nitrogens with one attached hydrogen (secondary N) is 1. The van der Waals surface area contributed by atoms with E-state index in [1.165, 1.54) is 0 Å². The molecule has 1 heterocycles. The van der Waals surface area contributed by atoms with Gasteiger partial charge in [-0.25, -0.2) is 4.79 Å². The number of rotatable bonds is 8. The molecule has 1 N–H and O–H groups in total. The van der Waals surface area contributed by atoms with Gasteiger partial charge in [0.15, 0.2) is 0 Å². The molecular weight excluding hydrogens is 296 g/mol. The first-order valence-electron chi connectivity index (χ1n) is 7.99. The van der Waals surface area contributed by atoms with E-state index in [9.17, 15) is 4.79 Å². The molecule has 1 aliphatic heterocycles. The summed E-state index contributed by atoms with van der Waals surface area (Å²) in [5, 5.41) is 2.88. The molecule has 23 heavy (non-hydrogen) atoms. The summed E-state index contributed by atoms with van der Waals surface area (Å²) in [6.07, 6.45) is 2.18. The summed E-state index contributed by atoms with van der Waals surface area (Å²) in [6, 6.07) is 7.67. The zero-order valence-corrected chi connectivity index (χ0v) is 13.9. The third kappa shape index (κ3) is 5.73. The van der Waals surface area contributed by atoms with Crippen LogP contribution < -0.4 is 10.1 Å². The molecule has 0 spiro atoms. The molecule has 0 unspecified atom stereocenters. The number of hydrogen-bond donors (Lipinski definition) is 1.